The summed E-state index contributed by atoms with van der Waals surface area (Å²) in [5.41, 5.74) is 2.55. The zero-order valence-corrected chi connectivity index (χ0v) is 9.83. The van der Waals surface area contributed by atoms with Crippen molar-refractivity contribution in [3.8, 4) is 5.75 Å². The first kappa shape index (κ1) is 10.6. The van der Waals surface area contributed by atoms with Crippen molar-refractivity contribution in [2.24, 2.45) is 7.05 Å². The second-order valence-corrected chi connectivity index (χ2v) is 4.02. The molecule has 2 heterocycles. The molecule has 0 radical (unpaired) electrons. The number of nitrogens with zero attached hydrogens (tertiary/aromatic N) is 3. The highest BCUT2D eigenvalue weighted by molar-refractivity contribution is 5.87. The summed E-state index contributed by atoms with van der Waals surface area (Å²) >= 11 is 0. The van der Waals surface area contributed by atoms with E-state index in [1.165, 1.54) is 0 Å². The largest absolute Gasteiger partial charge is 0.508 e. The average Bonchev–Trinajstić information content (AvgIpc) is 2.69. The molecule has 5 nitrogen and oxygen atoms in total. The molecule has 1 aromatic carbocycles. The topological polar surface area (TPSA) is 63.0 Å². The molecule has 0 amide bonds. The normalized spacial score (nSPS) is 10.7. The van der Waals surface area contributed by atoms with E-state index in [1.54, 1.807) is 35.1 Å². The summed E-state index contributed by atoms with van der Waals surface area (Å²) in [6.07, 6.45) is 1.74. The number of aryl methyl sites for hydroxylation is 1. The Labute approximate surface area is 104 Å². The van der Waals surface area contributed by atoms with Gasteiger partial charge in [0.1, 0.15) is 16.8 Å². The van der Waals surface area contributed by atoms with Gasteiger partial charge in [-0.05, 0) is 36.4 Å². The molecule has 2 N–H and O–H groups in total. The maximum atomic E-state index is 9.25. The zero-order chi connectivity index (χ0) is 12.5. The first-order chi connectivity index (χ1) is 8.74. The number of phenols is 1. The first-order valence-electron chi connectivity index (χ1n) is 5.58. The third-order valence-corrected chi connectivity index (χ3v) is 2.72. The number of anilines is 2. The number of aromatic nitrogens is 3. The molecule has 0 spiro atoms. The Kier molecular flexibility index (Phi) is 2.37. The molecule has 0 saturated heterocycles. The van der Waals surface area contributed by atoms with Crippen molar-refractivity contribution >= 4 is 22.5 Å². The number of hydrogen-bond donors (Lipinski definition) is 2. The van der Waals surface area contributed by atoms with Crippen LogP contribution in [0.3, 0.4) is 0 Å². The number of hydrogen-bond acceptors (Lipinski definition) is 4. The number of nitrogens with one attached hydrogen (secondary N) is 1. The first-order valence-corrected chi connectivity index (χ1v) is 5.58. The van der Waals surface area contributed by atoms with Gasteiger partial charge in [0, 0.05) is 18.9 Å². The van der Waals surface area contributed by atoms with E-state index in [-0.39, 0.29) is 5.75 Å². The predicted molar refractivity (Wildman–Crippen MR) is 69.9 cm³/mol. The molecule has 0 unspecified atom stereocenters. The number of fused-ring (bicyclic) bond motifs is 1. The lowest BCUT2D eigenvalue weighted by Gasteiger charge is -2.06. The van der Waals surface area contributed by atoms with E-state index < -0.39 is 0 Å². The van der Waals surface area contributed by atoms with Crippen molar-refractivity contribution in [1.82, 2.24) is 14.8 Å². The molecule has 0 saturated carbocycles. The molecule has 5 heteroatoms. The molecule has 3 rings (SSSR count). The van der Waals surface area contributed by atoms with Crippen LogP contribution in [0.15, 0.2) is 42.6 Å². The summed E-state index contributed by atoms with van der Waals surface area (Å²) in [5.74, 6) is 1.07. The fourth-order valence-corrected chi connectivity index (χ4v) is 1.85. The monoisotopic (exact) mass is 240 g/mol. The molecule has 0 bridgehead atoms. The van der Waals surface area contributed by atoms with Gasteiger partial charge in [-0.15, -0.1) is 0 Å². The van der Waals surface area contributed by atoms with Gasteiger partial charge in [-0.1, -0.05) is 0 Å². The predicted octanol–water partition coefficient (Wildman–Crippen LogP) is 2.42. The average molecular weight is 240 g/mol. The van der Waals surface area contributed by atoms with Gasteiger partial charge in [0.2, 0.25) is 0 Å². The molecule has 18 heavy (non-hydrogen) atoms. The van der Waals surface area contributed by atoms with Gasteiger partial charge in [0.05, 0.1) is 0 Å². The standard InChI is InChI=1S/C13H12N4O/c1-17-13(12-11(16-17)3-2-8-14-12)15-9-4-6-10(18)7-5-9/h2-8,15,18H,1H3. The van der Waals surface area contributed by atoms with E-state index in [0.29, 0.717) is 0 Å². The van der Waals surface area contributed by atoms with Crippen molar-refractivity contribution in [2.75, 3.05) is 5.32 Å². The van der Waals surface area contributed by atoms with Crippen LogP contribution in [0.5, 0.6) is 5.75 Å². The number of rotatable bonds is 2. The van der Waals surface area contributed by atoms with E-state index in [1.807, 2.05) is 19.2 Å². The van der Waals surface area contributed by atoms with Crippen molar-refractivity contribution in [3.63, 3.8) is 0 Å². The minimum Gasteiger partial charge on any atom is -0.508 e. The lowest BCUT2D eigenvalue weighted by Crippen LogP contribution is -1.99. The second-order valence-electron chi connectivity index (χ2n) is 4.02. The Morgan fingerprint density at radius 3 is 2.72 bits per heavy atom. The highest BCUT2D eigenvalue weighted by Crippen LogP contribution is 2.24. The minimum atomic E-state index is 0.244. The molecular formula is C13H12N4O. The van der Waals surface area contributed by atoms with Gasteiger partial charge in [-0.2, -0.15) is 5.10 Å². The van der Waals surface area contributed by atoms with Crippen molar-refractivity contribution in [2.45, 2.75) is 0 Å². The molecule has 3 aromatic rings. The summed E-state index contributed by atoms with van der Waals surface area (Å²) in [7, 11) is 1.87. The van der Waals surface area contributed by atoms with Crippen molar-refractivity contribution < 1.29 is 5.11 Å². The van der Waals surface area contributed by atoms with E-state index in [4.69, 9.17) is 0 Å². The highest BCUT2D eigenvalue weighted by Gasteiger charge is 2.09. The van der Waals surface area contributed by atoms with E-state index >= 15 is 0 Å². The van der Waals surface area contributed by atoms with Crippen LogP contribution < -0.4 is 5.32 Å². The van der Waals surface area contributed by atoms with Gasteiger partial charge >= 0.3 is 0 Å². The number of phenolic OH excluding ortho intramolecular Hbond substituents is 1. The van der Waals surface area contributed by atoms with Crippen LogP contribution >= 0.6 is 0 Å². The number of pyridine rings is 1. The SMILES string of the molecule is Cn1nc2cccnc2c1Nc1ccc(O)cc1. The fraction of sp³-hybridized carbons (Fsp3) is 0.0769. The maximum Gasteiger partial charge on any atom is 0.155 e. The van der Waals surface area contributed by atoms with Crippen LogP contribution in [-0.4, -0.2) is 19.9 Å². The van der Waals surface area contributed by atoms with Crippen molar-refractivity contribution in [3.05, 3.63) is 42.6 Å². The summed E-state index contributed by atoms with van der Waals surface area (Å²) in [6, 6.07) is 10.7. The molecule has 0 aliphatic rings. The van der Waals surface area contributed by atoms with Gasteiger partial charge < -0.3 is 10.4 Å². The molecule has 0 fully saturated rings. The molecule has 2 aromatic heterocycles. The van der Waals surface area contributed by atoms with E-state index in [0.717, 1.165) is 22.5 Å². The quantitative estimate of drug-likeness (QED) is 0.675. The second kappa shape index (κ2) is 4.03. The van der Waals surface area contributed by atoms with Crippen LogP contribution in [0.25, 0.3) is 11.0 Å². The smallest absolute Gasteiger partial charge is 0.155 e. The minimum absolute atomic E-state index is 0.244. The Morgan fingerprint density at radius 1 is 1.17 bits per heavy atom. The van der Waals surface area contributed by atoms with Crippen molar-refractivity contribution in [1.29, 1.82) is 0 Å². The molecular weight excluding hydrogens is 228 g/mol. The third kappa shape index (κ3) is 1.75. The van der Waals surface area contributed by atoms with Crippen LogP contribution in [-0.2, 0) is 7.05 Å². The van der Waals surface area contributed by atoms with Crippen LogP contribution in [0.1, 0.15) is 0 Å². The van der Waals surface area contributed by atoms with Crippen LogP contribution in [0.2, 0.25) is 0 Å². The van der Waals surface area contributed by atoms with Crippen LogP contribution in [0.4, 0.5) is 11.5 Å². The van der Waals surface area contributed by atoms with E-state index in [9.17, 15) is 5.11 Å². The zero-order valence-electron chi connectivity index (χ0n) is 9.83. The van der Waals surface area contributed by atoms with Gasteiger partial charge in [0.15, 0.2) is 5.82 Å². The van der Waals surface area contributed by atoms with Crippen LogP contribution in [0, 0.1) is 0 Å². The Bertz CT molecular complexity index is 688. The third-order valence-electron chi connectivity index (χ3n) is 2.72. The Balaban J connectivity index is 2.04. The summed E-state index contributed by atoms with van der Waals surface area (Å²) in [6.45, 7) is 0. The number of aromatic hydroxyl groups is 1. The summed E-state index contributed by atoms with van der Waals surface area (Å²) in [4.78, 5) is 4.32. The lowest BCUT2D eigenvalue weighted by atomic mass is 10.3. The molecule has 0 aliphatic heterocycles. The Hall–Kier alpha value is -2.56. The molecule has 0 atom stereocenters. The lowest BCUT2D eigenvalue weighted by molar-refractivity contribution is 0.475. The highest BCUT2D eigenvalue weighted by atomic mass is 16.3. The van der Waals surface area contributed by atoms with Gasteiger partial charge in [-0.3, -0.25) is 9.67 Å². The van der Waals surface area contributed by atoms with E-state index in [2.05, 4.69) is 15.4 Å². The number of benzene rings is 1. The molecule has 90 valence electrons. The maximum absolute atomic E-state index is 9.25. The Morgan fingerprint density at radius 2 is 1.94 bits per heavy atom. The van der Waals surface area contributed by atoms with Gasteiger partial charge in [-0.25, -0.2) is 0 Å². The summed E-state index contributed by atoms with van der Waals surface area (Å²) in [5, 5.41) is 16.9. The van der Waals surface area contributed by atoms with Gasteiger partial charge in [0.25, 0.3) is 0 Å². The fourth-order valence-electron chi connectivity index (χ4n) is 1.85. The summed E-state index contributed by atoms with van der Waals surface area (Å²) < 4.78 is 1.75. The molecule has 0 aliphatic carbocycles.